The van der Waals surface area contributed by atoms with Crippen LogP contribution in [0.4, 0.5) is 5.82 Å². The van der Waals surface area contributed by atoms with E-state index in [1.54, 1.807) is 0 Å². The minimum Gasteiger partial charge on any atom is -0.368 e. The molecule has 2 saturated carbocycles. The zero-order chi connectivity index (χ0) is 18.5. The average Bonchev–Trinajstić information content (AvgIpc) is 3.04. The van der Waals surface area contributed by atoms with E-state index < -0.39 is 0 Å². The van der Waals surface area contributed by atoms with Crippen molar-refractivity contribution in [3.05, 3.63) is 11.8 Å². The van der Waals surface area contributed by atoms with Crippen molar-refractivity contribution in [2.45, 2.75) is 76.9 Å². The first-order chi connectivity index (χ1) is 12.5. The van der Waals surface area contributed by atoms with Crippen LogP contribution in [0.15, 0.2) is 6.07 Å². The maximum atomic E-state index is 12.0. The number of nitrogens with one attached hydrogen (secondary N) is 3. The van der Waals surface area contributed by atoms with E-state index in [9.17, 15) is 9.59 Å². The van der Waals surface area contributed by atoms with E-state index in [0.29, 0.717) is 11.7 Å². The van der Waals surface area contributed by atoms with E-state index in [-0.39, 0.29) is 36.5 Å². The van der Waals surface area contributed by atoms with Crippen LogP contribution in [0.5, 0.6) is 0 Å². The summed E-state index contributed by atoms with van der Waals surface area (Å²) < 4.78 is 5.72. The number of amides is 2. The normalized spacial score (nSPS) is 23.5. The molecule has 0 unspecified atom stereocenters. The first-order valence-electron chi connectivity index (χ1n) is 9.78. The first-order valence-corrected chi connectivity index (χ1v) is 9.78. The number of hydrogen-bond acceptors (Lipinski definition) is 4. The predicted octanol–water partition coefficient (Wildman–Crippen LogP) is 2.72. The van der Waals surface area contributed by atoms with E-state index in [0.717, 1.165) is 31.4 Å². The third kappa shape index (κ3) is 5.06. The van der Waals surface area contributed by atoms with Crippen molar-refractivity contribution >= 4 is 17.6 Å². The number of nitrogens with zero attached hydrogens (tertiary/aromatic N) is 1. The van der Waals surface area contributed by atoms with Crippen LogP contribution in [-0.4, -0.2) is 40.8 Å². The molecule has 0 aromatic carbocycles. The van der Waals surface area contributed by atoms with Gasteiger partial charge < -0.3 is 15.4 Å². The van der Waals surface area contributed by atoms with E-state index in [4.69, 9.17) is 4.74 Å². The van der Waals surface area contributed by atoms with Crippen LogP contribution in [0.1, 0.15) is 70.4 Å². The molecule has 3 rings (SSSR count). The molecule has 0 bridgehead atoms. The summed E-state index contributed by atoms with van der Waals surface area (Å²) in [5, 5.41) is 13.0. The summed E-state index contributed by atoms with van der Waals surface area (Å²) >= 11 is 0. The lowest BCUT2D eigenvalue weighted by molar-refractivity contribution is -0.129. The molecular weight excluding hydrogens is 332 g/mol. The lowest BCUT2D eigenvalue weighted by Gasteiger charge is -2.34. The van der Waals surface area contributed by atoms with E-state index in [2.05, 4.69) is 20.8 Å². The van der Waals surface area contributed by atoms with Gasteiger partial charge in [0.05, 0.1) is 11.8 Å². The highest BCUT2D eigenvalue weighted by atomic mass is 16.5. The van der Waals surface area contributed by atoms with Gasteiger partial charge in [0.15, 0.2) is 0 Å². The average molecular weight is 362 g/mol. The minimum absolute atomic E-state index is 0.0223. The van der Waals surface area contributed by atoms with Gasteiger partial charge in [-0.2, -0.15) is 5.10 Å². The van der Waals surface area contributed by atoms with Gasteiger partial charge in [-0.15, -0.1) is 0 Å². The Morgan fingerprint density at radius 3 is 2.69 bits per heavy atom. The topological polar surface area (TPSA) is 96.1 Å². The lowest BCUT2D eigenvalue weighted by atomic mass is 9.78. The highest BCUT2D eigenvalue weighted by molar-refractivity contribution is 5.91. The summed E-state index contributed by atoms with van der Waals surface area (Å²) in [7, 11) is 0. The van der Waals surface area contributed by atoms with Gasteiger partial charge >= 0.3 is 0 Å². The summed E-state index contributed by atoms with van der Waals surface area (Å²) in [6.45, 7) is 3.87. The van der Waals surface area contributed by atoms with Gasteiger partial charge in [-0.3, -0.25) is 14.7 Å². The van der Waals surface area contributed by atoms with E-state index in [1.807, 2.05) is 19.9 Å². The van der Waals surface area contributed by atoms with Gasteiger partial charge in [0.1, 0.15) is 12.4 Å². The van der Waals surface area contributed by atoms with Crippen molar-refractivity contribution in [3.63, 3.8) is 0 Å². The summed E-state index contributed by atoms with van der Waals surface area (Å²) in [5.41, 5.74) is 0.938. The van der Waals surface area contributed by atoms with Crippen molar-refractivity contribution in [2.75, 3.05) is 11.9 Å². The SMILES string of the molecule is CC(C)C(=O)Nc1cc([C@H]2C[C@@H](NC(=O)COC3CCCCC3)C2)n[nH]1. The molecule has 144 valence electrons. The molecule has 7 heteroatoms. The maximum absolute atomic E-state index is 12.0. The first kappa shape index (κ1) is 18.9. The summed E-state index contributed by atoms with van der Waals surface area (Å²) in [4.78, 5) is 23.7. The zero-order valence-electron chi connectivity index (χ0n) is 15.7. The second-order valence-corrected chi connectivity index (χ2v) is 7.85. The number of carbonyl (C=O) groups is 2. The van der Waals surface area contributed by atoms with Crippen LogP contribution in [0.25, 0.3) is 0 Å². The molecule has 2 amide bonds. The van der Waals surface area contributed by atoms with Gasteiger partial charge in [-0.05, 0) is 25.7 Å². The second-order valence-electron chi connectivity index (χ2n) is 7.85. The maximum Gasteiger partial charge on any atom is 0.246 e. The number of ether oxygens (including phenoxy) is 1. The van der Waals surface area contributed by atoms with Gasteiger partial charge in [0, 0.05) is 23.9 Å². The number of carbonyl (C=O) groups excluding carboxylic acids is 2. The Hall–Kier alpha value is -1.89. The van der Waals surface area contributed by atoms with Crippen LogP contribution in [-0.2, 0) is 14.3 Å². The van der Waals surface area contributed by atoms with Gasteiger partial charge in [0.25, 0.3) is 0 Å². The summed E-state index contributed by atoms with van der Waals surface area (Å²) in [6.07, 6.45) is 7.86. The highest BCUT2D eigenvalue weighted by Crippen LogP contribution is 2.36. The van der Waals surface area contributed by atoms with Crippen LogP contribution < -0.4 is 10.6 Å². The second kappa shape index (κ2) is 8.66. The highest BCUT2D eigenvalue weighted by Gasteiger charge is 2.33. The van der Waals surface area contributed by atoms with Crippen molar-refractivity contribution < 1.29 is 14.3 Å². The lowest BCUT2D eigenvalue weighted by Crippen LogP contribution is -2.45. The molecule has 2 aliphatic rings. The number of hydrogen-bond donors (Lipinski definition) is 3. The fourth-order valence-electron chi connectivity index (χ4n) is 3.56. The Bertz CT molecular complexity index is 616. The summed E-state index contributed by atoms with van der Waals surface area (Å²) in [5.74, 6) is 0.830. The molecule has 0 spiro atoms. The summed E-state index contributed by atoms with van der Waals surface area (Å²) in [6, 6.07) is 2.07. The van der Waals surface area contributed by atoms with Gasteiger partial charge in [0.2, 0.25) is 11.8 Å². The number of H-pyrrole nitrogens is 1. The largest absolute Gasteiger partial charge is 0.368 e. The smallest absolute Gasteiger partial charge is 0.246 e. The number of aromatic nitrogens is 2. The van der Waals surface area contributed by atoms with Crippen LogP contribution in [0, 0.1) is 5.92 Å². The fourth-order valence-corrected chi connectivity index (χ4v) is 3.56. The number of anilines is 1. The third-order valence-electron chi connectivity index (χ3n) is 5.30. The number of rotatable bonds is 7. The molecule has 1 heterocycles. The standard InChI is InChI=1S/C19H30N4O3/c1-12(2)19(25)21-17-10-16(22-23-17)13-8-14(9-13)20-18(24)11-26-15-6-4-3-5-7-15/h10,12-15H,3-9,11H2,1-2H3,(H,20,24)(H2,21,22,23,25)/t13-,14+. The van der Waals surface area contributed by atoms with Crippen LogP contribution >= 0.6 is 0 Å². The van der Waals surface area contributed by atoms with E-state index >= 15 is 0 Å². The molecule has 1 aromatic heterocycles. The Morgan fingerprint density at radius 2 is 2.00 bits per heavy atom. The van der Waals surface area contributed by atoms with E-state index in [1.165, 1.54) is 19.3 Å². The third-order valence-corrected chi connectivity index (χ3v) is 5.30. The molecule has 0 saturated heterocycles. The minimum atomic E-state index is -0.0686. The Labute approximate surface area is 154 Å². The monoisotopic (exact) mass is 362 g/mol. The van der Waals surface area contributed by atoms with Crippen molar-refractivity contribution in [1.29, 1.82) is 0 Å². The molecule has 1 aromatic rings. The molecule has 2 aliphatic carbocycles. The van der Waals surface area contributed by atoms with Gasteiger partial charge in [-0.25, -0.2) is 0 Å². The molecule has 0 atom stereocenters. The van der Waals surface area contributed by atoms with Crippen molar-refractivity contribution in [3.8, 4) is 0 Å². The zero-order valence-corrected chi connectivity index (χ0v) is 15.7. The Balaban J connectivity index is 1.35. The molecular formula is C19H30N4O3. The van der Waals surface area contributed by atoms with Crippen LogP contribution in [0.3, 0.4) is 0 Å². The Morgan fingerprint density at radius 1 is 1.27 bits per heavy atom. The number of aromatic amines is 1. The van der Waals surface area contributed by atoms with Crippen molar-refractivity contribution in [2.24, 2.45) is 5.92 Å². The molecule has 2 fully saturated rings. The molecule has 0 aliphatic heterocycles. The Kier molecular flexibility index (Phi) is 6.29. The van der Waals surface area contributed by atoms with Crippen LogP contribution in [0.2, 0.25) is 0 Å². The molecule has 0 radical (unpaired) electrons. The predicted molar refractivity (Wildman–Crippen MR) is 98.8 cm³/mol. The molecule has 3 N–H and O–H groups in total. The molecule has 7 nitrogen and oxygen atoms in total. The molecule has 26 heavy (non-hydrogen) atoms. The van der Waals surface area contributed by atoms with Gasteiger partial charge in [-0.1, -0.05) is 33.1 Å². The van der Waals surface area contributed by atoms with Crippen molar-refractivity contribution in [1.82, 2.24) is 15.5 Å². The quantitative estimate of drug-likeness (QED) is 0.695. The fraction of sp³-hybridized carbons (Fsp3) is 0.737.